The average Bonchev–Trinajstić information content (AvgIpc) is 3.46. The van der Waals surface area contributed by atoms with Crippen LogP contribution in [0, 0.1) is 0 Å². The van der Waals surface area contributed by atoms with Crippen molar-refractivity contribution in [1.29, 1.82) is 0 Å². The van der Waals surface area contributed by atoms with Crippen LogP contribution in [0.15, 0.2) is 91.1 Å². The lowest BCUT2D eigenvalue weighted by atomic mass is 10.1. The lowest BCUT2D eigenvalue weighted by Gasteiger charge is -2.28. The number of hydrogen-bond donors (Lipinski definition) is 0. The first kappa shape index (κ1) is 32.1. The van der Waals surface area contributed by atoms with Crippen molar-refractivity contribution in [3.8, 4) is 5.75 Å². The third-order valence-electron chi connectivity index (χ3n) is 7.03. The number of benzene rings is 3. The summed E-state index contributed by atoms with van der Waals surface area (Å²) >= 11 is 12.3. The Labute approximate surface area is 263 Å². The van der Waals surface area contributed by atoms with Gasteiger partial charge in [0.1, 0.15) is 12.3 Å². The second kappa shape index (κ2) is 16.2. The Morgan fingerprint density at radius 3 is 2.37 bits per heavy atom. The topological polar surface area (TPSA) is 64.0 Å². The molecule has 0 N–H and O–H groups in total. The smallest absolute Gasteiger partial charge is 0.254 e. The van der Waals surface area contributed by atoms with Crippen LogP contribution in [0.5, 0.6) is 5.75 Å². The van der Waals surface area contributed by atoms with Crippen molar-refractivity contribution in [2.75, 3.05) is 33.4 Å². The van der Waals surface area contributed by atoms with Gasteiger partial charge in [-0.2, -0.15) is 0 Å². The van der Waals surface area contributed by atoms with Gasteiger partial charge in [-0.1, -0.05) is 65.7 Å². The van der Waals surface area contributed by atoms with Crippen LogP contribution >= 0.6 is 23.2 Å². The Balaban J connectivity index is 1.57. The molecule has 0 atom stereocenters. The minimum absolute atomic E-state index is 0.0887. The van der Waals surface area contributed by atoms with E-state index in [0.29, 0.717) is 56.4 Å². The molecule has 1 aromatic heterocycles. The highest BCUT2D eigenvalue weighted by atomic mass is 35.5. The lowest BCUT2D eigenvalue weighted by Crippen LogP contribution is -2.43. The first-order chi connectivity index (χ1) is 20.9. The van der Waals surface area contributed by atoms with E-state index in [9.17, 15) is 9.59 Å². The highest BCUT2D eigenvalue weighted by Gasteiger charge is 2.24. The Hall–Kier alpha value is -3.78. The average molecular weight is 623 g/mol. The molecular weight excluding hydrogens is 585 g/mol. The summed E-state index contributed by atoms with van der Waals surface area (Å²) in [5.41, 5.74) is 3.44. The van der Waals surface area contributed by atoms with Gasteiger partial charge in [-0.15, -0.1) is 0 Å². The van der Waals surface area contributed by atoms with Gasteiger partial charge in [-0.3, -0.25) is 9.59 Å². The first-order valence-corrected chi connectivity index (χ1v) is 15.0. The van der Waals surface area contributed by atoms with E-state index in [2.05, 4.69) is 4.57 Å². The second-order valence-electron chi connectivity index (χ2n) is 10.1. The number of aromatic nitrogens is 1. The number of carbonyl (C=O) groups is 2. The Morgan fingerprint density at radius 1 is 0.837 bits per heavy atom. The third-order valence-corrected chi connectivity index (χ3v) is 7.77. The maximum Gasteiger partial charge on any atom is 0.254 e. The van der Waals surface area contributed by atoms with E-state index in [1.165, 1.54) is 0 Å². The van der Waals surface area contributed by atoms with E-state index in [1.54, 1.807) is 35.1 Å². The molecule has 226 valence electrons. The van der Waals surface area contributed by atoms with Gasteiger partial charge in [0, 0.05) is 50.3 Å². The summed E-state index contributed by atoms with van der Waals surface area (Å²) in [7, 11) is 1.65. The molecule has 0 fully saturated rings. The zero-order chi connectivity index (χ0) is 30.6. The maximum atomic E-state index is 14.0. The van der Waals surface area contributed by atoms with E-state index < -0.39 is 0 Å². The van der Waals surface area contributed by atoms with Crippen LogP contribution in [0.2, 0.25) is 10.0 Å². The fourth-order valence-electron chi connectivity index (χ4n) is 4.78. The highest BCUT2D eigenvalue weighted by Crippen LogP contribution is 2.24. The van der Waals surface area contributed by atoms with Crippen LogP contribution in [-0.2, 0) is 29.2 Å². The second-order valence-corrected chi connectivity index (χ2v) is 10.9. The van der Waals surface area contributed by atoms with Gasteiger partial charge in [0.2, 0.25) is 5.91 Å². The minimum atomic E-state index is -0.288. The van der Waals surface area contributed by atoms with Gasteiger partial charge < -0.3 is 23.8 Å². The van der Waals surface area contributed by atoms with Crippen molar-refractivity contribution in [3.05, 3.63) is 124 Å². The predicted octanol–water partition coefficient (Wildman–Crippen LogP) is 6.95. The Kier molecular flexibility index (Phi) is 12.1. The molecule has 0 spiro atoms. The zero-order valence-electron chi connectivity index (χ0n) is 24.5. The largest absolute Gasteiger partial charge is 0.497 e. The first-order valence-electron chi connectivity index (χ1n) is 14.3. The summed E-state index contributed by atoms with van der Waals surface area (Å²) in [6.07, 6.45) is 2.60. The lowest BCUT2D eigenvalue weighted by molar-refractivity contribution is -0.133. The Morgan fingerprint density at radius 2 is 1.63 bits per heavy atom. The summed E-state index contributed by atoms with van der Waals surface area (Å²) in [4.78, 5) is 31.0. The molecular formula is C34H37Cl2N3O4. The van der Waals surface area contributed by atoms with Gasteiger partial charge in [0.15, 0.2) is 0 Å². The van der Waals surface area contributed by atoms with Crippen LogP contribution in [0.1, 0.15) is 40.5 Å². The molecule has 0 aliphatic heterocycles. The summed E-state index contributed by atoms with van der Waals surface area (Å²) in [6, 6.07) is 26.6. The van der Waals surface area contributed by atoms with Crippen molar-refractivity contribution in [2.24, 2.45) is 0 Å². The molecule has 1 heterocycles. The van der Waals surface area contributed by atoms with E-state index >= 15 is 0 Å². The van der Waals surface area contributed by atoms with Gasteiger partial charge in [0.05, 0.1) is 23.7 Å². The molecule has 4 aromatic rings. The minimum Gasteiger partial charge on any atom is -0.497 e. The molecule has 7 nitrogen and oxygen atoms in total. The number of methoxy groups -OCH3 is 1. The molecule has 0 aliphatic rings. The highest BCUT2D eigenvalue weighted by molar-refractivity contribution is 6.42. The standard InChI is InChI=1S/C34H37Cl2N3O4/c1-3-43-19-9-18-38(34(41)28-15-16-31(35)32(36)21-28)25-33(40)39(22-26-10-5-4-6-11-26)24-29-13-8-17-37(29)23-27-12-7-14-30(20-27)42-2/h4-8,10-17,20-21H,3,9,18-19,22-25H2,1-2H3. The van der Waals surface area contributed by atoms with Crippen molar-refractivity contribution < 1.29 is 19.1 Å². The molecule has 0 saturated carbocycles. The molecule has 3 aromatic carbocycles. The Bertz CT molecular complexity index is 1490. The molecule has 0 unspecified atom stereocenters. The summed E-state index contributed by atoms with van der Waals surface area (Å²) < 4.78 is 13.0. The molecule has 2 amide bonds. The molecule has 0 radical (unpaired) electrons. The van der Waals surface area contributed by atoms with E-state index in [0.717, 1.165) is 22.6 Å². The SMILES string of the molecule is CCOCCCN(CC(=O)N(Cc1ccccc1)Cc1cccn1Cc1cccc(OC)c1)C(=O)c1ccc(Cl)c(Cl)c1. The number of carbonyl (C=O) groups excluding carboxylic acids is 2. The number of rotatable bonds is 15. The molecule has 0 aliphatic carbocycles. The number of ether oxygens (including phenoxy) is 2. The monoisotopic (exact) mass is 621 g/mol. The van der Waals surface area contributed by atoms with Crippen molar-refractivity contribution in [3.63, 3.8) is 0 Å². The van der Waals surface area contributed by atoms with E-state index in [-0.39, 0.29) is 23.4 Å². The summed E-state index contributed by atoms with van der Waals surface area (Å²) in [5.74, 6) is 0.343. The number of hydrogen-bond acceptors (Lipinski definition) is 4. The zero-order valence-corrected chi connectivity index (χ0v) is 26.1. The van der Waals surface area contributed by atoms with Crippen LogP contribution in [0.25, 0.3) is 0 Å². The number of nitrogens with zero attached hydrogens (tertiary/aromatic N) is 3. The maximum absolute atomic E-state index is 14.0. The fourth-order valence-corrected chi connectivity index (χ4v) is 5.07. The normalized spacial score (nSPS) is 10.9. The molecule has 0 bridgehead atoms. The van der Waals surface area contributed by atoms with Gasteiger partial charge >= 0.3 is 0 Å². The van der Waals surface area contributed by atoms with Crippen LogP contribution < -0.4 is 4.74 Å². The molecule has 9 heteroatoms. The fraction of sp³-hybridized carbons (Fsp3) is 0.294. The van der Waals surface area contributed by atoms with Crippen molar-refractivity contribution in [2.45, 2.75) is 33.0 Å². The van der Waals surface area contributed by atoms with Crippen LogP contribution in [0.3, 0.4) is 0 Å². The van der Waals surface area contributed by atoms with Crippen LogP contribution in [-0.4, -0.2) is 59.6 Å². The number of amides is 2. The van der Waals surface area contributed by atoms with Gasteiger partial charge in [-0.05, 0) is 66.9 Å². The van der Waals surface area contributed by atoms with Crippen LogP contribution in [0.4, 0.5) is 0 Å². The van der Waals surface area contributed by atoms with Gasteiger partial charge in [-0.25, -0.2) is 0 Å². The summed E-state index contributed by atoms with van der Waals surface area (Å²) in [5, 5.41) is 0.652. The quantitative estimate of drug-likeness (QED) is 0.135. The predicted molar refractivity (Wildman–Crippen MR) is 171 cm³/mol. The van der Waals surface area contributed by atoms with Crippen molar-refractivity contribution in [1.82, 2.24) is 14.4 Å². The van der Waals surface area contributed by atoms with Gasteiger partial charge in [0.25, 0.3) is 5.91 Å². The summed E-state index contributed by atoms with van der Waals surface area (Å²) in [6.45, 7) is 4.67. The van der Waals surface area contributed by atoms with Crippen molar-refractivity contribution >= 4 is 35.0 Å². The van der Waals surface area contributed by atoms with E-state index in [1.807, 2.05) is 79.9 Å². The van der Waals surface area contributed by atoms with E-state index in [4.69, 9.17) is 32.7 Å². The number of halogens is 2. The molecule has 0 saturated heterocycles. The third kappa shape index (κ3) is 9.35. The molecule has 43 heavy (non-hydrogen) atoms. The molecule has 4 rings (SSSR count).